The van der Waals surface area contributed by atoms with Gasteiger partial charge in [-0.25, -0.2) is 4.79 Å². The normalized spacial score (nSPS) is 15.4. The van der Waals surface area contributed by atoms with Crippen molar-refractivity contribution in [2.45, 2.75) is 56.3 Å². The smallest absolute Gasteiger partial charge is 0.422 e. The Bertz CT molecular complexity index is 1680. The minimum atomic E-state index is -4.63. The van der Waals surface area contributed by atoms with E-state index in [4.69, 9.17) is 21.1 Å². The van der Waals surface area contributed by atoms with E-state index in [0.29, 0.717) is 36.0 Å². The zero-order valence-electron chi connectivity index (χ0n) is 26.2. The molecule has 1 heterocycles. The maximum atomic E-state index is 13.0. The zero-order chi connectivity index (χ0) is 35.2. The largest absolute Gasteiger partial charge is 0.467 e. The van der Waals surface area contributed by atoms with Crippen LogP contribution in [0.2, 0.25) is 5.02 Å². The van der Waals surface area contributed by atoms with Gasteiger partial charge in [0, 0.05) is 29.2 Å². The molecule has 2 aliphatic rings. The number of nitrogens with one attached hydrogen (secondary N) is 4. The number of alkyl halides is 3. The Kier molecular flexibility index (Phi) is 10.9. The highest BCUT2D eigenvalue weighted by Crippen LogP contribution is 2.48. The van der Waals surface area contributed by atoms with Gasteiger partial charge in [0.2, 0.25) is 17.7 Å². The van der Waals surface area contributed by atoms with Crippen LogP contribution in [0, 0.1) is 5.92 Å². The molecule has 3 aromatic rings. The van der Waals surface area contributed by atoms with Crippen molar-refractivity contribution >= 4 is 52.8 Å². The van der Waals surface area contributed by atoms with Crippen LogP contribution in [0.4, 0.5) is 30.8 Å². The van der Waals surface area contributed by atoms with Crippen molar-refractivity contribution in [3.05, 3.63) is 64.7 Å². The maximum absolute atomic E-state index is 13.0. The second-order valence-electron chi connectivity index (χ2n) is 11.7. The molecule has 5 rings (SSSR count). The highest BCUT2D eigenvalue weighted by Gasteiger charge is 2.45. The van der Waals surface area contributed by atoms with Gasteiger partial charge in [-0.2, -0.15) is 28.1 Å². The van der Waals surface area contributed by atoms with Gasteiger partial charge in [-0.3, -0.25) is 14.4 Å². The van der Waals surface area contributed by atoms with Crippen molar-refractivity contribution in [3.63, 3.8) is 0 Å². The van der Waals surface area contributed by atoms with Crippen LogP contribution in [0.15, 0.2) is 48.5 Å². The van der Waals surface area contributed by atoms with Crippen LogP contribution >= 0.6 is 11.6 Å². The van der Waals surface area contributed by atoms with Gasteiger partial charge in [0.25, 0.3) is 11.8 Å². The summed E-state index contributed by atoms with van der Waals surface area (Å²) in [6, 6.07) is 11.2. The molecule has 2 aromatic carbocycles. The molecule has 2 aliphatic carbocycles. The molecule has 17 heteroatoms. The molecule has 260 valence electrons. The van der Waals surface area contributed by atoms with Crippen LogP contribution in [0.25, 0.3) is 0 Å². The fourth-order valence-electron chi connectivity index (χ4n) is 4.79. The Hall–Kier alpha value is -4.99. The number of carbonyl (C=O) groups excluding carboxylic acids is 4. The average molecular weight is 704 g/mol. The van der Waals surface area contributed by atoms with Crippen LogP contribution in [0.1, 0.15) is 54.4 Å². The van der Waals surface area contributed by atoms with Gasteiger partial charge < -0.3 is 30.7 Å². The first kappa shape index (κ1) is 35.3. The standard InChI is InChI=1S/C32H33ClF3N7O6/c1-48-27(47)23(12-13-24(44)26(46)37-16-18-2-3-18)39-25(45)19-4-10-22(11-5-19)38-28-40-29(42-30(41-28)49-17-32(34,35)36)43-31(14-15-31)20-6-8-21(33)9-7-20/h4-11,18,23H,2-3,12-17H2,1H3,(H,37,46)(H,39,45)(H2,38,40,41,42,43)/t23-/m0/s1. The lowest BCUT2D eigenvalue weighted by Crippen LogP contribution is -2.42. The minimum absolute atomic E-state index is 0.0224. The van der Waals surface area contributed by atoms with E-state index in [1.54, 1.807) is 12.1 Å². The molecule has 2 amide bonds. The third kappa shape index (κ3) is 10.2. The van der Waals surface area contributed by atoms with Gasteiger partial charge in [0.15, 0.2) is 6.61 Å². The van der Waals surface area contributed by atoms with Crippen LogP contribution < -0.4 is 26.0 Å². The van der Waals surface area contributed by atoms with Crippen molar-refractivity contribution < 1.29 is 41.8 Å². The molecule has 0 unspecified atom stereocenters. The number of ketones is 1. The zero-order valence-corrected chi connectivity index (χ0v) is 27.0. The molecule has 0 spiro atoms. The predicted octanol–water partition coefficient (Wildman–Crippen LogP) is 4.46. The summed E-state index contributed by atoms with van der Waals surface area (Å²) in [5.74, 6) is -2.65. The Balaban J connectivity index is 1.24. The number of esters is 1. The van der Waals surface area contributed by atoms with Crippen molar-refractivity contribution in [3.8, 4) is 6.01 Å². The number of methoxy groups -OCH3 is 1. The maximum Gasteiger partial charge on any atom is 0.422 e. The summed E-state index contributed by atoms with van der Waals surface area (Å²) in [6.45, 7) is -1.19. The van der Waals surface area contributed by atoms with E-state index in [0.717, 1.165) is 25.5 Å². The van der Waals surface area contributed by atoms with Gasteiger partial charge in [-0.15, -0.1) is 0 Å². The van der Waals surface area contributed by atoms with Gasteiger partial charge >= 0.3 is 18.2 Å². The number of ether oxygens (including phenoxy) is 2. The van der Waals surface area contributed by atoms with E-state index < -0.39 is 53.9 Å². The van der Waals surface area contributed by atoms with Crippen molar-refractivity contribution in [2.75, 3.05) is 30.9 Å². The summed E-state index contributed by atoms with van der Waals surface area (Å²) in [4.78, 5) is 61.9. The Morgan fingerprint density at radius 1 is 0.980 bits per heavy atom. The van der Waals surface area contributed by atoms with E-state index >= 15 is 0 Å². The fourth-order valence-corrected chi connectivity index (χ4v) is 4.91. The van der Waals surface area contributed by atoms with E-state index in [-0.39, 0.29) is 30.3 Å². The number of amides is 2. The van der Waals surface area contributed by atoms with Crippen LogP contribution in [0.3, 0.4) is 0 Å². The number of carbonyl (C=O) groups is 4. The molecular weight excluding hydrogens is 671 g/mol. The molecule has 0 bridgehead atoms. The van der Waals surface area contributed by atoms with Crippen LogP contribution in [-0.4, -0.2) is 71.0 Å². The Morgan fingerprint density at radius 3 is 2.27 bits per heavy atom. The third-order valence-electron chi connectivity index (χ3n) is 7.83. The van der Waals surface area contributed by atoms with E-state index in [1.807, 2.05) is 12.1 Å². The Labute approximate surface area is 283 Å². The third-order valence-corrected chi connectivity index (χ3v) is 8.09. The number of Topliss-reactive ketones (excluding diaryl/α,β-unsaturated/α-hetero) is 1. The van der Waals surface area contributed by atoms with Crippen LogP contribution in [0.5, 0.6) is 6.01 Å². The SMILES string of the molecule is COC(=O)[C@H](CCC(=O)C(=O)NCC1CC1)NC(=O)c1ccc(Nc2nc(NC3(c4ccc(Cl)cc4)CC3)nc(OCC(F)(F)F)n2)cc1. The summed E-state index contributed by atoms with van der Waals surface area (Å²) in [5, 5.41) is 11.7. The fraction of sp³-hybridized carbons (Fsp3) is 0.406. The van der Waals surface area contributed by atoms with Crippen LogP contribution in [-0.2, 0) is 24.7 Å². The molecular formula is C32H33ClF3N7O6. The van der Waals surface area contributed by atoms with Gasteiger partial charge in [0.1, 0.15) is 6.04 Å². The molecule has 1 atom stereocenters. The molecule has 13 nitrogen and oxygen atoms in total. The van der Waals surface area contributed by atoms with E-state index in [1.165, 1.54) is 24.3 Å². The van der Waals surface area contributed by atoms with Gasteiger partial charge in [-0.05, 0) is 80.0 Å². The monoisotopic (exact) mass is 703 g/mol. The summed E-state index contributed by atoms with van der Waals surface area (Å²) in [5.41, 5.74) is 0.853. The Morgan fingerprint density at radius 2 is 1.65 bits per heavy atom. The lowest BCUT2D eigenvalue weighted by molar-refractivity contribution is -0.154. The average Bonchev–Trinajstić information content (AvgIpc) is 4.02. The van der Waals surface area contributed by atoms with E-state index in [2.05, 4.69) is 36.2 Å². The number of aromatic nitrogens is 3. The molecule has 1 aromatic heterocycles. The number of hydrogen-bond donors (Lipinski definition) is 4. The quantitative estimate of drug-likeness (QED) is 0.123. The van der Waals surface area contributed by atoms with E-state index in [9.17, 15) is 32.3 Å². The highest BCUT2D eigenvalue weighted by molar-refractivity contribution is 6.36. The summed E-state index contributed by atoms with van der Waals surface area (Å²) in [7, 11) is 1.13. The number of anilines is 3. The lowest BCUT2D eigenvalue weighted by Gasteiger charge is -2.19. The number of nitrogens with zero attached hydrogens (tertiary/aromatic N) is 3. The minimum Gasteiger partial charge on any atom is -0.467 e. The molecule has 2 saturated carbocycles. The van der Waals surface area contributed by atoms with Crippen molar-refractivity contribution in [1.29, 1.82) is 0 Å². The lowest BCUT2D eigenvalue weighted by atomic mass is 10.1. The number of halogens is 4. The second kappa shape index (κ2) is 15.1. The topological polar surface area (TPSA) is 174 Å². The van der Waals surface area contributed by atoms with Gasteiger partial charge in [0.05, 0.1) is 12.6 Å². The number of benzene rings is 2. The molecule has 0 radical (unpaired) electrons. The highest BCUT2D eigenvalue weighted by atomic mass is 35.5. The molecule has 0 saturated heterocycles. The number of hydrogen-bond acceptors (Lipinski definition) is 11. The molecule has 49 heavy (non-hydrogen) atoms. The predicted molar refractivity (Wildman–Crippen MR) is 170 cm³/mol. The summed E-state index contributed by atoms with van der Waals surface area (Å²) in [6.07, 6.45) is -1.61. The van der Waals surface area contributed by atoms with Crippen molar-refractivity contribution in [1.82, 2.24) is 25.6 Å². The summed E-state index contributed by atoms with van der Waals surface area (Å²) >= 11 is 6.02. The van der Waals surface area contributed by atoms with Crippen molar-refractivity contribution in [2.24, 2.45) is 5.92 Å². The first-order valence-corrected chi connectivity index (χ1v) is 15.8. The molecule has 4 N–H and O–H groups in total. The first-order chi connectivity index (χ1) is 23.3. The first-order valence-electron chi connectivity index (χ1n) is 15.4. The molecule has 0 aliphatic heterocycles. The summed E-state index contributed by atoms with van der Waals surface area (Å²) < 4.78 is 48.3. The molecule has 2 fully saturated rings. The van der Waals surface area contributed by atoms with Gasteiger partial charge in [-0.1, -0.05) is 23.7 Å². The second-order valence-corrected chi connectivity index (χ2v) is 12.2. The number of rotatable bonds is 16.